The first-order valence-electron chi connectivity index (χ1n) is 12.2. The SMILES string of the molecule is Nc1nc2c(ncn2[C@@H]2O[C@H](CO)[C@@H](F)[C@H]2O[P@](=O)(S)OC[C@H]2O[C@@H](n3cnc4c(N)ncnc43)[C@@H](F)[C@@H]2O)c(=O)[nH]1. The lowest BCUT2D eigenvalue weighted by atomic mass is 10.1. The molecule has 0 unspecified atom stereocenters. The first kappa shape index (κ1) is 28.8. The number of aliphatic hydroxyl groups is 2. The van der Waals surface area contributed by atoms with Crippen molar-refractivity contribution in [3.8, 4) is 0 Å². The number of thiol groups is 1. The first-order valence-corrected chi connectivity index (χ1v) is 14.9. The van der Waals surface area contributed by atoms with E-state index in [1.165, 1.54) is 10.9 Å². The third-order valence-corrected chi connectivity index (χ3v) is 8.40. The Bertz CT molecular complexity index is 1740. The number of nitrogens with two attached hydrogens (primary N) is 2. The molecule has 4 aromatic heterocycles. The Balaban J connectivity index is 1.19. The molecule has 42 heavy (non-hydrogen) atoms. The molecular formula is C20H23F2N10O8PS. The molecule has 2 aliphatic heterocycles. The Kier molecular flexibility index (Phi) is 7.38. The molecular weight excluding hydrogens is 609 g/mol. The minimum absolute atomic E-state index is 0.0549. The zero-order chi connectivity index (χ0) is 29.9. The summed E-state index contributed by atoms with van der Waals surface area (Å²) in [5.74, 6) is -0.207. The van der Waals surface area contributed by atoms with Crippen molar-refractivity contribution in [2.75, 3.05) is 24.7 Å². The number of ether oxygens (including phenoxy) is 2. The van der Waals surface area contributed by atoms with Crippen molar-refractivity contribution in [2.24, 2.45) is 0 Å². The molecule has 18 nitrogen and oxygen atoms in total. The highest BCUT2D eigenvalue weighted by molar-refractivity contribution is 8.44. The molecule has 0 amide bonds. The van der Waals surface area contributed by atoms with E-state index in [-0.39, 0.29) is 34.1 Å². The molecule has 7 N–H and O–H groups in total. The molecule has 0 aromatic carbocycles. The van der Waals surface area contributed by atoms with E-state index in [1.54, 1.807) is 0 Å². The number of nitrogens with one attached hydrogen (secondary N) is 1. The van der Waals surface area contributed by atoms with Gasteiger partial charge in [-0.2, -0.15) is 4.98 Å². The van der Waals surface area contributed by atoms with E-state index in [0.29, 0.717) is 0 Å². The fourth-order valence-electron chi connectivity index (χ4n) is 4.78. The van der Waals surface area contributed by atoms with Gasteiger partial charge in [0.05, 0.1) is 25.9 Å². The number of alkyl halides is 2. The number of hydrogen-bond acceptors (Lipinski definition) is 15. The summed E-state index contributed by atoms with van der Waals surface area (Å²) in [4.78, 5) is 34.2. The van der Waals surface area contributed by atoms with Gasteiger partial charge < -0.3 is 31.2 Å². The van der Waals surface area contributed by atoms with Gasteiger partial charge in [-0.25, -0.2) is 33.3 Å². The molecule has 6 rings (SSSR count). The number of fused-ring (bicyclic) bond motifs is 2. The number of nitrogen functional groups attached to an aromatic ring is 2. The standard InChI is InChI=1S/C20H23F2N10O8PS/c21-8-6(1-33)38-19(32-5-28-11-16(32)29-20(24)30-17(11)35)13(8)40-41(36,42)37-2-7-12(34)9(22)18(39-7)31-4-27-10-14(23)25-3-26-15(10)31/h3-9,12-13,18-19,33-34H,1-2H2,(H,36,42)(H2,23,25,26)(H3,24,29,30,35)/t6-,7-,8-,9+,12-,13-,18-,19-,41-/m1/s1. The van der Waals surface area contributed by atoms with Crippen molar-refractivity contribution < 1.29 is 42.1 Å². The fraction of sp³-hybridized carbons (Fsp3) is 0.500. The number of nitrogens with zero attached hydrogens (tertiary/aromatic N) is 7. The van der Waals surface area contributed by atoms with E-state index in [2.05, 4.69) is 42.2 Å². The highest BCUT2D eigenvalue weighted by atomic mass is 32.7. The van der Waals surface area contributed by atoms with Gasteiger partial charge in [-0.3, -0.25) is 28.0 Å². The number of aliphatic hydroxyl groups excluding tert-OH is 2. The summed E-state index contributed by atoms with van der Waals surface area (Å²) >= 11 is 3.91. The second-order valence-electron chi connectivity index (χ2n) is 9.38. The van der Waals surface area contributed by atoms with Crippen LogP contribution in [0.3, 0.4) is 0 Å². The molecule has 4 aromatic rings. The molecule has 6 heterocycles. The average Bonchev–Trinajstić information content (AvgIpc) is 3.69. The van der Waals surface area contributed by atoms with Gasteiger partial charge in [0.15, 0.2) is 47.4 Å². The molecule has 0 aliphatic carbocycles. The molecule has 0 saturated carbocycles. The number of halogens is 2. The van der Waals surface area contributed by atoms with Crippen LogP contribution in [0.5, 0.6) is 0 Å². The fourth-order valence-corrected chi connectivity index (χ4v) is 6.23. The molecule has 0 radical (unpaired) electrons. The number of H-pyrrole nitrogens is 1. The van der Waals surface area contributed by atoms with Gasteiger partial charge in [0.25, 0.3) is 5.56 Å². The summed E-state index contributed by atoms with van der Waals surface area (Å²) in [6.07, 6.45) is -9.70. The molecule has 226 valence electrons. The van der Waals surface area contributed by atoms with Gasteiger partial charge in [-0.1, -0.05) is 12.2 Å². The van der Waals surface area contributed by atoms with Gasteiger partial charge in [0.1, 0.15) is 36.3 Å². The second kappa shape index (κ2) is 10.8. The summed E-state index contributed by atoms with van der Waals surface area (Å²) in [5, 5.41) is 20.1. The van der Waals surface area contributed by atoms with Gasteiger partial charge in [-0.05, 0) is 0 Å². The smallest absolute Gasteiger partial charge is 0.386 e. The summed E-state index contributed by atoms with van der Waals surface area (Å²) in [6.45, 7) is -5.95. The molecule has 9 atom stereocenters. The van der Waals surface area contributed by atoms with E-state index >= 15 is 8.78 Å². The van der Waals surface area contributed by atoms with Crippen LogP contribution in [0, 0.1) is 0 Å². The van der Waals surface area contributed by atoms with E-state index < -0.39 is 74.8 Å². The summed E-state index contributed by atoms with van der Waals surface area (Å²) < 4.78 is 67.7. The number of anilines is 2. The van der Waals surface area contributed by atoms with Crippen LogP contribution in [0.25, 0.3) is 22.3 Å². The number of aromatic nitrogens is 8. The van der Waals surface area contributed by atoms with Crippen LogP contribution in [0.4, 0.5) is 20.5 Å². The summed E-state index contributed by atoms with van der Waals surface area (Å²) in [7, 11) is 0. The van der Waals surface area contributed by atoms with Crippen molar-refractivity contribution in [1.29, 1.82) is 0 Å². The van der Waals surface area contributed by atoms with Crippen molar-refractivity contribution in [1.82, 2.24) is 39.0 Å². The number of aromatic amines is 1. The van der Waals surface area contributed by atoms with Crippen LogP contribution >= 0.6 is 19.0 Å². The monoisotopic (exact) mass is 632 g/mol. The molecule has 2 aliphatic rings. The van der Waals surface area contributed by atoms with Crippen LogP contribution in [0.2, 0.25) is 0 Å². The predicted molar refractivity (Wildman–Crippen MR) is 140 cm³/mol. The van der Waals surface area contributed by atoms with Crippen molar-refractivity contribution >= 4 is 53.1 Å². The minimum Gasteiger partial charge on any atom is -0.394 e. The largest absolute Gasteiger partial charge is 0.394 e. The maximum atomic E-state index is 15.3. The Hall–Kier alpha value is -3.30. The molecule has 2 saturated heterocycles. The highest BCUT2D eigenvalue weighted by Gasteiger charge is 2.51. The zero-order valence-corrected chi connectivity index (χ0v) is 22.8. The topological polar surface area (TPSA) is 254 Å². The zero-order valence-electron chi connectivity index (χ0n) is 21.0. The van der Waals surface area contributed by atoms with Gasteiger partial charge in [-0.15, -0.1) is 0 Å². The molecule has 2 fully saturated rings. The van der Waals surface area contributed by atoms with Gasteiger partial charge in [0, 0.05) is 0 Å². The Labute approximate surface area is 237 Å². The summed E-state index contributed by atoms with van der Waals surface area (Å²) in [5.41, 5.74) is 10.8. The number of rotatable bonds is 8. The lowest BCUT2D eigenvalue weighted by molar-refractivity contribution is -0.0530. The lowest BCUT2D eigenvalue weighted by Crippen LogP contribution is -2.33. The van der Waals surface area contributed by atoms with Crippen molar-refractivity contribution in [3.63, 3.8) is 0 Å². The van der Waals surface area contributed by atoms with Crippen LogP contribution < -0.4 is 17.0 Å². The van der Waals surface area contributed by atoms with E-state index in [0.717, 1.165) is 17.2 Å². The Morgan fingerprint density at radius 1 is 1.05 bits per heavy atom. The summed E-state index contributed by atoms with van der Waals surface area (Å²) in [6, 6.07) is 0. The third kappa shape index (κ3) is 4.90. The van der Waals surface area contributed by atoms with Crippen LogP contribution in [-0.4, -0.2) is 99.2 Å². The number of imidazole rings is 2. The van der Waals surface area contributed by atoms with E-state index in [9.17, 15) is 19.6 Å². The van der Waals surface area contributed by atoms with Crippen molar-refractivity contribution in [2.45, 2.75) is 49.2 Å². The quantitative estimate of drug-likeness (QED) is 0.105. The van der Waals surface area contributed by atoms with Gasteiger partial charge in [0.2, 0.25) is 5.95 Å². The second-order valence-corrected chi connectivity index (χ2v) is 12.3. The van der Waals surface area contributed by atoms with Crippen LogP contribution in [-0.2, 0) is 23.1 Å². The highest BCUT2D eigenvalue weighted by Crippen LogP contribution is 2.57. The Morgan fingerprint density at radius 2 is 1.74 bits per heavy atom. The maximum absolute atomic E-state index is 15.3. The Morgan fingerprint density at radius 3 is 2.48 bits per heavy atom. The van der Waals surface area contributed by atoms with Crippen LogP contribution in [0.1, 0.15) is 12.5 Å². The molecule has 0 spiro atoms. The van der Waals surface area contributed by atoms with Crippen molar-refractivity contribution in [3.05, 3.63) is 29.3 Å². The number of hydrogen-bond donors (Lipinski definition) is 6. The van der Waals surface area contributed by atoms with Gasteiger partial charge >= 0.3 is 6.80 Å². The first-order chi connectivity index (χ1) is 20.0. The average molecular weight is 633 g/mol. The molecule has 22 heteroatoms. The lowest BCUT2D eigenvalue weighted by Gasteiger charge is -2.25. The maximum Gasteiger partial charge on any atom is 0.386 e. The van der Waals surface area contributed by atoms with E-state index in [4.69, 9.17) is 30.0 Å². The molecule has 0 bridgehead atoms. The predicted octanol–water partition coefficient (Wildman–Crippen LogP) is -0.612. The van der Waals surface area contributed by atoms with Crippen LogP contribution in [0.15, 0.2) is 23.8 Å². The normalized spacial score (nSPS) is 31.3. The van der Waals surface area contributed by atoms with E-state index in [1.807, 2.05) is 0 Å². The minimum atomic E-state index is -4.48. The third-order valence-electron chi connectivity index (χ3n) is 6.78.